The van der Waals surface area contributed by atoms with E-state index in [1.807, 2.05) is 25.2 Å². The minimum absolute atomic E-state index is 0.00380. The highest BCUT2D eigenvalue weighted by atomic mass is 16.4. The van der Waals surface area contributed by atoms with Crippen molar-refractivity contribution in [3.63, 3.8) is 0 Å². The smallest absolute Gasteiger partial charge is 0.303 e. The molecule has 25 heavy (non-hydrogen) atoms. The Labute approximate surface area is 151 Å². The highest BCUT2D eigenvalue weighted by Crippen LogP contribution is 2.37. The number of unbranched alkanes of at least 4 members (excludes halogenated alkanes) is 3. The fraction of sp³-hybridized carbons (Fsp3) is 0.750. The van der Waals surface area contributed by atoms with Gasteiger partial charge in [-0.25, -0.2) is 0 Å². The van der Waals surface area contributed by atoms with Gasteiger partial charge < -0.3 is 20.4 Å². The molecule has 5 nitrogen and oxygen atoms in total. The van der Waals surface area contributed by atoms with E-state index in [-0.39, 0.29) is 18.3 Å². The maximum atomic E-state index is 10.5. The van der Waals surface area contributed by atoms with Crippen molar-refractivity contribution in [2.75, 3.05) is 0 Å². The maximum Gasteiger partial charge on any atom is 0.303 e. The summed E-state index contributed by atoms with van der Waals surface area (Å²) in [6.07, 6.45) is 12.2. The van der Waals surface area contributed by atoms with Crippen LogP contribution in [0.1, 0.15) is 64.7 Å². The highest BCUT2D eigenvalue weighted by Gasteiger charge is 2.39. The van der Waals surface area contributed by atoms with Crippen molar-refractivity contribution in [3.8, 4) is 0 Å². The third-order valence-electron chi connectivity index (χ3n) is 4.93. The Hall–Kier alpha value is -1.17. The lowest BCUT2D eigenvalue weighted by Crippen LogP contribution is -2.21. The summed E-state index contributed by atoms with van der Waals surface area (Å²) in [7, 11) is 0. The summed E-state index contributed by atoms with van der Waals surface area (Å²) in [5.74, 6) is -0.880. The minimum Gasteiger partial charge on any atom is -0.481 e. The SMILES string of the molecule is CC/C=C\CC(O)/C=C/C1C(O)CC(O)C1CCCCCCC(=O)O. The number of aliphatic hydroxyl groups is 3. The van der Waals surface area contributed by atoms with E-state index in [1.165, 1.54) is 0 Å². The lowest BCUT2D eigenvalue weighted by molar-refractivity contribution is -0.137. The Morgan fingerprint density at radius 1 is 1.12 bits per heavy atom. The van der Waals surface area contributed by atoms with Gasteiger partial charge in [-0.1, -0.05) is 50.5 Å². The summed E-state index contributed by atoms with van der Waals surface area (Å²) < 4.78 is 0. The Kier molecular flexibility index (Phi) is 10.7. The Morgan fingerprint density at radius 2 is 1.84 bits per heavy atom. The standard InChI is InChI=1S/C20H34O5/c1-2-3-6-9-15(21)12-13-17-16(18(22)14-19(17)23)10-7-4-5-8-11-20(24)25/h3,6,12-13,15-19,21-23H,2,4-5,7-11,14H2,1H3,(H,24,25)/b6-3-,13-12+. The van der Waals surface area contributed by atoms with Crippen LogP contribution in [-0.4, -0.2) is 44.7 Å². The molecule has 1 aliphatic rings. The van der Waals surface area contributed by atoms with Crippen molar-refractivity contribution >= 4 is 5.97 Å². The molecule has 144 valence electrons. The van der Waals surface area contributed by atoms with Gasteiger partial charge in [0.05, 0.1) is 18.3 Å². The monoisotopic (exact) mass is 354 g/mol. The van der Waals surface area contributed by atoms with E-state index >= 15 is 0 Å². The van der Waals surface area contributed by atoms with Crippen molar-refractivity contribution in [1.82, 2.24) is 0 Å². The molecular formula is C20H34O5. The summed E-state index contributed by atoms with van der Waals surface area (Å²) in [6.45, 7) is 2.04. The summed E-state index contributed by atoms with van der Waals surface area (Å²) in [5.41, 5.74) is 0. The molecule has 0 amide bonds. The molecule has 0 bridgehead atoms. The third kappa shape index (κ3) is 8.66. The molecule has 1 fully saturated rings. The zero-order chi connectivity index (χ0) is 18.7. The van der Waals surface area contributed by atoms with Crippen molar-refractivity contribution in [1.29, 1.82) is 0 Å². The predicted octanol–water partition coefficient (Wildman–Crippen LogP) is 3.04. The number of hydrogen-bond donors (Lipinski definition) is 4. The van der Waals surface area contributed by atoms with Crippen LogP contribution in [-0.2, 0) is 4.79 Å². The maximum absolute atomic E-state index is 10.5. The van der Waals surface area contributed by atoms with Gasteiger partial charge >= 0.3 is 5.97 Å². The van der Waals surface area contributed by atoms with Crippen LogP contribution < -0.4 is 0 Å². The molecule has 1 aliphatic carbocycles. The number of carboxylic acid groups (broad SMARTS) is 1. The van der Waals surface area contributed by atoms with E-state index in [2.05, 4.69) is 0 Å². The van der Waals surface area contributed by atoms with Crippen LogP contribution in [0.3, 0.4) is 0 Å². The van der Waals surface area contributed by atoms with E-state index in [9.17, 15) is 20.1 Å². The summed E-state index contributed by atoms with van der Waals surface area (Å²) in [6, 6.07) is 0. The van der Waals surface area contributed by atoms with Gasteiger partial charge in [0.2, 0.25) is 0 Å². The molecule has 0 aromatic heterocycles. The van der Waals surface area contributed by atoms with Crippen molar-refractivity contribution in [3.05, 3.63) is 24.3 Å². The molecule has 5 heteroatoms. The third-order valence-corrected chi connectivity index (χ3v) is 4.93. The summed E-state index contributed by atoms with van der Waals surface area (Å²) >= 11 is 0. The second-order valence-corrected chi connectivity index (χ2v) is 7.03. The van der Waals surface area contributed by atoms with E-state index < -0.39 is 24.3 Å². The topological polar surface area (TPSA) is 98.0 Å². The molecule has 0 aromatic rings. The lowest BCUT2D eigenvalue weighted by atomic mass is 9.88. The van der Waals surface area contributed by atoms with Crippen LogP contribution in [0.4, 0.5) is 0 Å². The van der Waals surface area contributed by atoms with Crippen LogP contribution in [0, 0.1) is 11.8 Å². The van der Waals surface area contributed by atoms with Crippen molar-refractivity contribution in [2.24, 2.45) is 11.8 Å². The van der Waals surface area contributed by atoms with Crippen LogP contribution in [0.2, 0.25) is 0 Å². The molecule has 4 N–H and O–H groups in total. The fourth-order valence-corrected chi connectivity index (χ4v) is 3.52. The Balaban J connectivity index is 2.41. The number of carbonyl (C=O) groups is 1. The fourth-order valence-electron chi connectivity index (χ4n) is 3.52. The summed E-state index contributed by atoms with van der Waals surface area (Å²) in [5, 5.41) is 39.0. The van der Waals surface area contributed by atoms with Crippen molar-refractivity contribution < 1.29 is 25.2 Å². The average Bonchev–Trinajstić information content (AvgIpc) is 2.82. The van der Waals surface area contributed by atoms with E-state index in [0.29, 0.717) is 19.3 Å². The molecule has 0 aromatic carbocycles. The van der Waals surface area contributed by atoms with Gasteiger partial charge in [0.15, 0.2) is 0 Å². The first kappa shape index (κ1) is 21.9. The molecule has 0 aliphatic heterocycles. The largest absolute Gasteiger partial charge is 0.481 e. The van der Waals surface area contributed by atoms with E-state index in [1.54, 1.807) is 6.08 Å². The molecule has 0 spiro atoms. The normalized spacial score (nSPS) is 28.2. The molecule has 5 atom stereocenters. The molecule has 0 heterocycles. The minimum atomic E-state index is -0.758. The van der Waals surface area contributed by atoms with E-state index in [0.717, 1.165) is 32.1 Å². The van der Waals surface area contributed by atoms with Gasteiger partial charge in [0, 0.05) is 18.8 Å². The van der Waals surface area contributed by atoms with Gasteiger partial charge in [-0.15, -0.1) is 0 Å². The number of carboxylic acids is 1. The Bertz CT molecular complexity index is 432. The Morgan fingerprint density at radius 3 is 2.52 bits per heavy atom. The van der Waals surface area contributed by atoms with Gasteiger partial charge in [0.1, 0.15) is 0 Å². The molecule has 0 radical (unpaired) electrons. The zero-order valence-corrected chi connectivity index (χ0v) is 15.3. The van der Waals surface area contributed by atoms with Gasteiger partial charge in [-0.05, 0) is 31.6 Å². The number of hydrogen-bond acceptors (Lipinski definition) is 4. The molecule has 0 saturated heterocycles. The molecule has 5 unspecified atom stereocenters. The lowest BCUT2D eigenvalue weighted by Gasteiger charge is -2.21. The van der Waals surface area contributed by atoms with Gasteiger partial charge in [-0.2, -0.15) is 0 Å². The number of rotatable bonds is 12. The molecular weight excluding hydrogens is 320 g/mol. The van der Waals surface area contributed by atoms with Crippen LogP contribution in [0.25, 0.3) is 0 Å². The first-order valence-electron chi connectivity index (χ1n) is 9.55. The average molecular weight is 354 g/mol. The van der Waals surface area contributed by atoms with E-state index in [4.69, 9.17) is 5.11 Å². The zero-order valence-electron chi connectivity index (χ0n) is 15.3. The summed E-state index contributed by atoms with van der Waals surface area (Å²) in [4.78, 5) is 10.5. The van der Waals surface area contributed by atoms with Crippen LogP contribution in [0.5, 0.6) is 0 Å². The first-order chi connectivity index (χ1) is 12.0. The first-order valence-corrected chi connectivity index (χ1v) is 9.55. The highest BCUT2D eigenvalue weighted by molar-refractivity contribution is 5.66. The second kappa shape index (κ2) is 12.2. The van der Waals surface area contributed by atoms with Gasteiger partial charge in [0.25, 0.3) is 0 Å². The predicted molar refractivity (Wildman–Crippen MR) is 98.1 cm³/mol. The molecule has 1 saturated carbocycles. The van der Waals surface area contributed by atoms with Crippen LogP contribution in [0.15, 0.2) is 24.3 Å². The molecule has 1 rings (SSSR count). The number of aliphatic carboxylic acids is 1. The van der Waals surface area contributed by atoms with Crippen LogP contribution >= 0.6 is 0 Å². The van der Waals surface area contributed by atoms with Gasteiger partial charge in [-0.3, -0.25) is 4.79 Å². The quantitative estimate of drug-likeness (QED) is 0.319. The second-order valence-electron chi connectivity index (χ2n) is 7.03. The number of allylic oxidation sites excluding steroid dienone is 1. The van der Waals surface area contributed by atoms with Crippen molar-refractivity contribution in [2.45, 2.75) is 83.0 Å². The number of aliphatic hydroxyl groups excluding tert-OH is 3.